The first-order chi connectivity index (χ1) is 33.1. The molecule has 366 valence electrons. The van der Waals surface area contributed by atoms with E-state index in [-0.39, 0.29) is 37.7 Å². The molecule has 0 spiro atoms. The maximum Gasteiger partial charge on any atom is 0.310 e. The van der Waals surface area contributed by atoms with E-state index in [1.807, 2.05) is 148 Å². The van der Waals surface area contributed by atoms with Crippen molar-refractivity contribution < 1.29 is 54.6 Å². The van der Waals surface area contributed by atoms with Gasteiger partial charge in [0.25, 0.3) is 0 Å². The zero-order valence-electron chi connectivity index (χ0n) is 41.3. The van der Waals surface area contributed by atoms with Gasteiger partial charge in [0.2, 0.25) is 0 Å². The molecule has 0 aliphatic carbocycles. The van der Waals surface area contributed by atoms with Gasteiger partial charge in [-0.2, -0.15) is 0 Å². The van der Waals surface area contributed by atoms with Crippen LogP contribution in [-0.4, -0.2) is 61.4 Å². The van der Waals surface area contributed by atoms with Gasteiger partial charge in [-0.1, -0.05) is 218 Å². The van der Waals surface area contributed by atoms with Crippen molar-refractivity contribution in [1.29, 1.82) is 0 Å². The second-order valence-electron chi connectivity index (χ2n) is 14.7. The summed E-state index contributed by atoms with van der Waals surface area (Å²) in [5.41, 5.74) is 13.5. The zero-order chi connectivity index (χ0) is 49.6. The van der Waals surface area contributed by atoms with Gasteiger partial charge >= 0.3 is 17.9 Å². The highest BCUT2D eigenvalue weighted by atomic mass is 35.5. The van der Waals surface area contributed by atoms with Crippen LogP contribution in [0.1, 0.15) is 86.6 Å². The Labute approximate surface area is 421 Å². The van der Waals surface area contributed by atoms with Crippen molar-refractivity contribution in [2.75, 3.05) is 33.0 Å². The molecule has 0 saturated carbocycles. The Kier molecular flexibility index (Phi) is 34.3. The summed E-state index contributed by atoms with van der Waals surface area (Å²) in [6.45, 7) is 7.39. The third-order valence-corrected chi connectivity index (χ3v) is 9.29. The molecule has 6 rings (SSSR count). The molecule has 4 N–H and O–H groups in total. The zero-order valence-corrected chi connectivity index (χ0v) is 40.9. The van der Waals surface area contributed by atoms with E-state index in [1.54, 1.807) is 5.37 Å². The van der Waals surface area contributed by atoms with Gasteiger partial charge in [-0.25, -0.2) is 0 Å². The van der Waals surface area contributed by atoms with Gasteiger partial charge in [0.15, 0.2) is 0 Å². The number of carbonyl (C=O) groups is 3. The summed E-state index contributed by atoms with van der Waals surface area (Å²) in [4.78, 5) is 34.7. The van der Waals surface area contributed by atoms with Crippen LogP contribution in [0.2, 0.25) is 0 Å². The second kappa shape index (κ2) is 40.1. The fraction of sp³-hybridized carbons (Fsp3) is 0.310. The molecule has 1 atom stereocenters. The number of benzene rings is 6. The number of aliphatic hydroxyl groups excluding tert-OH is 1. The highest BCUT2D eigenvalue weighted by molar-refractivity contribution is 7.78. The topological polar surface area (TPSA) is 127 Å². The first-order valence-electron chi connectivity index (χ1n) is 23.8. The number of quaternary nitrogens is 1. The van der Waals surface area contributed by atoms with Crippen LogP contribution in [0.25, 0.3) is 33.4 Å². The summed E-state index contributed by atoms with van der Waals surface area (Å²) in [6, 6.07) is 54.5. The molecule has 0 aliphatic heterocycles. The Bertz CT molecular complexity index is 2130. The van der Waals surface area contributed by atoms with Crippen molar-refractivity contribution in [3.05, 3.63) is 180 Å². The third-order valence-electron chi connectivity index (χ3n) is 9.06. The molecule has 0 fully saturated rings. The van der Waals surface area contributed by atoms with Crippen LogP contribution in [0.15, 0.2) is 164 Å². The number of halogens is 1. The van der Waals surface area contributed by atoms with Gasteiger partial charge in [-0.3, -0.25) is 14.4 Å². The Hall–Kier alpha value is -5.97. The standard InChI is InChI=1S/C18H18O2S.C17H18O2.C16H17NO2.C3H8O.C3H8.CH4.ClH/c19-18(20-12-4-5-13-21)14-15-8-10-17(11-9-15)16-6-2-1-3-7-16;1-2-12-19-17(18)13-14-8-10-16(11-9-14)15-6-4-3-5-7-15;17-10-11-19-16(18)12-13-6-8-15(9-7-13)14-4-2-1-3-5-14;1-2-3-4;1-3-2;;/h1-3,6-11,13H,4-5,12,14H2;3-11H,2,12-13H2,1H3;1-9H,10-12,17H2;4H,2-3H2,1H3;3H2,1-2H3;1H4;1H/i;;;;1TD;;. The van der Waals surface area contributed by atoms with Crippen molar-refractivity contribution in [3.8, 4) is 33.4 Å². The highest BCUT2D eigenvalue weighted by Gasteiger charge is 2.08. The number of thiocarbonyl (C=S) groups is 1. The molecule has 68 heavy (non-hydrogen) atoms. The number of carbonyl (C=O) groups excluding carboxylic acids is 3. The third kappa shape index (κ3) is 27.6. The average molecular weight is 968 g/mol. The molecule has 1 unspecified atom stereocenters. The fourth-order valence-electron chi connectivity index (χ4n) is 5.74. The lowest BCUT2D eigenvalue weighted by atomic mass is 10.0. The molecule has 0 aromatic heterocycles. The number of esters is 3. The average Bonchev–Trinajstić information content (AvgIpc) is 3.38. The summed E-state index contributed by atoms with van der Waals surface area (Å²) in [5, 5.41) is 9.54. The van der Waals surface area contributed by atoms with Gasteiger partial charge in [0, 0.05) is 9.35 Å². The lowest BCUT2D eigenvalue weighted by Crippen LogP contribution is -3.00. The van der Waals surface area contributed by atoms with Crippen LogP contribution >= 0.6 is 12.2 Å². The lowest BCUT2D eigenvalue weighted by molar-refractivity contribution is -0.372. The van der Waals surface area contributed by atoms with E-state index in [0.717, 1.165) is 59.1 Å². The number of aliphatic hydroxyl groups is 1. The van der Waals surface area contributed by atoms with Crippen molar-refractivity contribution >= 4 is 35.5 Å². The molecule has 0 aliphatic rings. The smallest absolute Gasteiger partial charge is 0.310 e. The number of ether oxygens (including phenoxy) is 3. The normalized spacial score (nSPS) is 10.4. The molecule has 0 radical (unpaired) electrons. The predicted molar refractivity (Wildman–Crippen MR) is 281 cm³/mol. The van der Waals surface area contributed by atoms with Crippen molar-refractivity contribution in [2.24, 2.45) is 0 Å². The first-order valence-corrected chi connectivity index (χ1v) is 23.1. The molecule has 8 nitrogen and oxygen atoms in total. The maximum atomic E-state index is 11.7. The first kappa shape index (κ1) is 58.2. The monoisotopic (exact) mass is 967 g/mol. The predicted octanol–water partition coefficient (Wildman–Crippen LogP) is 9.19. The molecule has 6 aromatic carbocycles. The lowest BCUT2D eigenvalue weighted by Gasteiger charge is -2.05. The molecule has 0 bridgehead atoms. The van der Waals surface area contributed by atoms with Crippen molar-refractivity contribution in [2.45, 2.75) is 86.4 Å². The van der Waals surface area contributed by atoms with Gasteiger partial charge in [-0.05, 0) is 81.1 Å². The van der Waals surface area contributed by atoms with Crippen LogP contribution in [0.5, 0.6) is 0 Å². The van der Waals surface area contributed by atoms with Crippen LogP contribution in [-0.2, 0) is 47.9 Å². The summed E-state index contributed by atoms with van der Waals surface area (Å²) < 4.78 is 28.2. The van der Waals surface area contributed by atoms with Gasteiger partial charge in [-0.15, -0.1) is 0 Å². The molecule has 0 amide bonds. The Morgan fingerprint density at radius 2 is 0.853 bits per heavy atom. The minimum atomic E-state index is -0.616. The van der Waals surface area contributed by atoms with Gasteiger partial charge in [0.05, 0.1) is 32.5 Å². The summed E-state index contributed by atoms with van der Waals surface area (Å²) in [6.07, 6.45) is 4.94. The van der Waals surface area contributed by atoms with E-state index >= 15 is 0 Å². The van der Waals surface area contributed by atoms with Crippen molar-refractivity contribution in [1.82, 2.24) is 0 Å². The van der Waals surface area contributed by atoms with E-state index in [2.05, 4.69) is 42.1 Å². The van der Waals surface area contributed by atoms with Crippen LogP contribution in [0, 0.1) is 0 Å². The molecular weight excluding hydrogens is 890 g/mol. The minimum Gasteiger partial charge on any atom is -1.00 e. The van der Waals surface area contributed by atoms with E-state index in [9.17, 15) is 14.4 Å². The van der Waals surface area contributed by atoms with Crippen LogP contribution in [0.3, 0.4) is 0 Å². The number of rotatable bonds is 18. The fourth-order valence-corrected chi connectivity index (χ4v) is 5.91. The molecule has 6 aromatic rings. The largest absolute Gasteiger partial charge is 1.00 e. The highest BCUT2D eigenvalue weighted by Crippen LogP contribution is 2.22. The van der Waals surface area contributed by atoms with Crippen LogP contribution in [0.4, 0.5) is 0 Å². The Balaban J connectivity index is 0.000000925. The van der Waals surface area contributed by atoms with Crippen LogP contribution < -0.4 is 18.1 Å². The SMILES string of the molecule is C.CCCO.CCCOC(=O)Cc1ccc(-c2ccccc2)cc1.O=C(Cc1ccc(-c2ccccc2)cc1)OCCCC=S.[2H]C([3H])CC.[Cl-].[NH3+]CCOC(=O)Cc1ccc(-c2ccccc2)cc1. The van der Waals surface area contributed by atoms with E-state index in [1.165, 1.54) is 16.7 Å². The Morgan fingerprint density at radius 1 is 0.559 bits per heavy atom. The Morgan fingerprint density at radius 3 is 1.12 bits per heavy atom. The molecule has 0 heterocycles. The number of hydrogen-bond donors (Lipinski definition) is 2. The van der Waals surface area contributed by atoms with Gasteiger partial charge < -0.3 is 37.5 Å². The second-order valence-corrected chi connectivity index (χ2v) is 15.0. The summed E-state index contributed by atoms with van der Waals surface area (Å²) >= 11 is 4.72. The number of hydrogen-bond acceptors (Lipinski definition) is 8. The van der Waals surface area contributed by atoms with E-state index in [4.69, 9.17) is 34.3 Å². The van der Waals surface area contributed by atoms with E-state index in [0.29, 0.717) is 58.7 Å². The van der Waals surface area contributed by atoms with Gasteiger partial charge in [0.1, 0.15) is 13.2 Å². The quantitative estimate of drug-likeness (QED) is 0.0378. The van der Waals surface area contributed by atoms with Crippen molar-refractivity contribution in [3.63, 3.8) is 0 Å². The maximum absolute atomic E-state index is 11.7. The molecule has 0 saturated heterocycles. The number of unbranched alkanes of at least 4 members (excludes halogenated alkanes) is 1. The summed E-state index contributed by atoms with van der Waals surface area (Å²) in [5.74, 6) is -0.544. The molecular formula is C58H74ClNO7S. The molecule has 10 heteroatoms. The summed E-state index contributed by atoms with van der Waals surface area (Å²) in [7, 11) is 0. The minimum absolute atomic E-state index is 0. The van der Waals surface area contributed by atoms with E-state index < -0.39 is 6.88 Å².